The van der Waals surface area contributed by atoms with Crippen LogP contribution in [0.3, 0.4) is 0 Å². The summed E-state index contributed by atoms with van der Waals surface area (Å²) in [5.41, 5.74) is 0.268. The number of nitrogens with one attached hydrogen (secondary N) is 1. The van der Waals surface area contributed by atoms with E-state index in [4.69, 9.17) is 0 Å². The van der Waals surface area contributed by atoms with Crippen molar-refractivity contribution in [2.45, 2.75) is 38.6 Å². The molecule has 1 unspecified atom stereocenters. The third kappa shape index (κ3) is 4.92. The van der Waals surface area contributed by atoms with Gasteiger partial charge in [-0.2, -0.15) is 0 Å². The molecule has 1 aromatic carbocycles. The molecule has 6 heteroatoms. The van der Waals surface area contributed by atoms with Crippen LogP contribution in [0, 0.1) is 11.6 Å². The zero-order chi connectivity index (χ0) is 15.2. The summed E-state index contributed by atoms with van der Waals surface area (Å²) in [6.07, 6.45) is 2.32. The Bertz CT molecular complexity index is 493. The first-order valence-electron chi connectivity index (χ1n) is 7.56. The van der Waals surface area contributed by atoms with E-state index in [2.05, 4.69) is 5.32 Å². The maximum atomic E-state index is 13.6. The summed E-state index contributed by atoms with van der Waals surface area (Å²) in [5, 5.41) is 3.25. The Kier molecular flexibility index (Phi) is 7.76. The quantitative estimate of drug-likeness (QED) is 0.868. The van der Waals surface area contributed by atoms with Crippen LogP contribution in [0.4, 0.5) is 8.78 Å². The summed E-state index contributed by atoms with van der Waals surface area (Å²) in [5.74, 6) is -0.896. The molecule has 124 valence electrons. The highest BCUT2D eigenvalue weighted by Crippen LogP contribution is 2.15. The molecule has 1 amide bonds. The minimum absolute atomic E-state index is 0. The van der Waals surface area contributed by atoms with Crippen LogP contribution in [0.25, 0.3) is 0 Å². The Hall–Kier alpha value is -1.20. The van der Waals surface area contributed by atoms with Gasteiger partial charge < -0.3 is 10.2 Å². The van der Waals surface area contributed by atoms with Crippen LogP contribution in [0.15, 0.2) is 18.2 Å². The molecule has 1 aromatic rings. The standard InChI is InChI=1S/C16H22F2N2O.ClH/c1-2-9-20(14-7-8-19-11-14)16(21)6-3-12-10-13(17)4-5-15(12)18;/h4-5,10,14,19H,2-3,6-9,11H2,1H3;1H. The first-order valence-corrected chi connectivity index (χ1v) is 7.56. The fraction of sp³-hybridized carbons (Fsp3) is 0.562. The minimum atomic E-state index is -0.468. The van der Waals surface area contributed by atoms with Crippen molar-refractivity contribution < 1.29 is 13.6 Å². The number of halogens is 3. The Morgan fingerprint density at radius 2 is 2.18 bits per heavy atom. The van der Waals surface area contributed by atoms with Crippen LogP contribution in [-0.2, 0) is 11.2 Å². The smallest absolute Gasteiger partial charge is 0.223 e. The molecule has 1 heterocycles. The SMILES string of the molecule is CCCN(C(=O)CCc1cc(F)ccc1F)C1CCNC1.Cl. The van der Waals surface area contributed by atoms with Crippen LogP contribution < -0.4 is 5.32 Å². The summed E-state index contributed by atoms with van der Waals surface area (Å²) < 4.78 is 26.7. The van der Waals surface area contributed by atoms with Crippen LogP contribution in [0.2, 0.25) is 0 Å². The number of aryl methyl sites for hydroxylation is 1. The average Bonchev–Trinajstić information content (AvgIpc) is 2.99. The number of amides is 1. The largest absolute Gasteiger partial charge is 0.338 e. The number of rotatable bonds is 6. The van der Waals surface area contributed by atoms with Gasteiger partial charge in [0.2, 0.25) is 5.91 Å². The van der Waals surface area contributed by atoms with E-state index in [0.29, 0.717) is 0 Å². The molecule has 1 saturated heterocycles. The Labute approximate surface area is 136 Å². The number of carbonyl (C=O) groups excluding carboxylic acids is 1. The fourth-order valence-corrected chi connectivity index (χ4v) is 2.78. The van der Waals surface area contributed by atoms with E-state index >= 15 is 0 Å². The van der Waals surface area contributed by atoms with Crippen molar-refractivity contribution >= 4 is 18.3 Å². The number of nitrogens with zero attached hydrogens (tertiary/aromatic N) is 1. The molecule has 1 aliphatic heterocycles. The lowest BCUT2D eigenvalue weighted by atomic mass is 10.1. The Morgan fingerprint density at radius 1 is 1.41 bits per heavy atom. The van der Waals surface area contributed by atoms with Gasteiger partial charge in [0.05, 0.1) is 0 Å². The van der Waals surface area contributed by atoms with E-state index < -0.39 is 11.6 Å². The second-order valence-electron chi connectivity index (χ2n) is 5.47. The lowest BCUT2D eigenvalue weighted by Crippen LogP contribution is -2.42. The van der Waals surface area contributed by atoms with E-state index in [1.165, 1.54) is 6.07 Å². The van der Waals surface area contributed by atoms with Gasteiger partial charge in [-0.05, 0) is 49.6 Å². The molecule has 0 bridgehead atoms. The monoisotopic (exact) mass is 332 g/mol. The van der Waals surface area contributed by atoms with Crippen LogP contribution >= 0.6 is 12.4 Å². The number of carbonyl (C=O) groups is 1. The summed E-state index contributed by atoms with van der Waals surface area (Å²) in [4.78, 5) is 14.3. The predicted octanol–water partition coefficient (Wildman–Crippen LogP) is 2.92. The Morgan fingerprint density at radius 3 is 2.82 bits per heavy atom. The van der Waals surface area contributed by atoms with Gasteiger partial charge in [0.25, 0.3) is 0 Å². The van der Waals surface area contributed by atoms with Crippen LogP contribution in [0.5, 0.6) is 0 Å². The maximum absolute atomic E-state index is 13.6. The fourth-order valence-electron chi connectivity index (χ4n) is 2.78. The maximum Gasteiger partial charge on any atom is 0.223 e. The lowest BCUT2D eigenvalue weighted by molar-refractivity contribution is -0.133. The molecular weight excluding hydrogens is 310 g/mol. The van der Waals surface area contributed by atoms with Gasteiger partial charge >= 0.3 is 0 Å². The van der Waals surface area contributed by atoms with E-state index in [9.17, 15) is 13.6 Å². The van der Waals surface area contributed by atoms with E-state index in [1.54, 1.807) is 0 Å². The number of hydrogen-bond donors (Lipinski definition) is 1. The van der Waals surface area contributed by atoms with Crippen molar-refractivity contribution in [3.8, 4) is 0 Å². The molecule has 1 atom stereocenters. The van der Waals surface area contributed by atoms with Gasteiger partial charge in [0, 0.05) is 25.6 Å². The summed E-state index contributed by atoms with van der Waals surface area (Å²) in [6.45, 7) is 4.50. The van der Waals surface area contributed by atoms with E-state index in [1.807, 2.05) is 11.8 Å². The molecule has 1 N–H and O–H groups in total. The summed E-state index contributed by atoms with van der Waals surface area (Å²) in [6, 6.07) is 3.60. The molecule has 0 spiro atoms. The highest BCUT2D eigenvalue weighted by Gasteiger charge is 2.25. The Balaban J connectivity index is 0.00000242. The highest BCUT2D eigenvalue weighted by molar-refractivity contribution is 5.85. The zero-order valence-corrected chi connectivity index (χ0v) is 13.6. The van der Waals surface area contributed by atoms with Crippen molar-refractivity contribution in [2.24, 2.45) is 0 Å². The minimum Gasteiger partial charge on any atom is -0.338 e. The molecule has 3 nitrogen and oxygen atoms in total. The highest BCUT2D eigenvalue weighted by atomic mass is 35.5. The van der Waals surface area contributed by atoms with Crippen molar-refractivity contribution in [2.75, 3.05) is 19.6 Å². The van der Waals surface area contributed by atoms with Crippen molar-refractivity contribution in [3.05, 3.63) is 35.4 Å². The van der Waals surface area contributed by atoms with E-state index in [0.717, 1.165) is 44.6 Å². The van der Waals surface area contributed by atoms with Crippen LogP contribution in [0.1, 0.15) is 31.7 Å². The summed E-state index contributed by atoms with van der Waals surface area (Å²) >= 11 is 0. The van der Waals surface area contributed by atoms with Crippen molar-refractivity contribution in [1.29, 1.82) is 0 Å². The second-order valence-corrected chi connectivity index (χ2v) is 5.47. The van der Waals surface area contributed by atoms with Gasteiger partial charge in [0.1, 0.15) is 11.6 Å². The molecule has 2 rings (SSSR count). The molecule has 1 fully saturated rings. The molecule has 0 aliphatic carbocycles. The van der Waals surface area contributed by atoms with Crippen molar-refractivity contribution in [3.63, 3.8) is 0 Å². The molecule has 0 aromatic heterocycles. The molecular formula is C16H23ClF2N2O. The van der Waals surface area contributed by atoms with Crippen molar-refractivity contribution in [1.82, 2.24) is 10.2 Å². The van der Waals surface area contributed by atoms with Gasteiger partial charge in [-0.15, -0.1) is 12.4 Å². The number of benzene rings is 1. The van der Waals surface area contributed by atoms with E-state index in [-0.39, 0.29) is 42.8 Å². The zero-order valence-electron chi connectivity index (χ0n) is 12.8. The van der Waals surface area contributed by atoms with Gasteiger partial charge in [-0.3, -0.25) is 4.79 Å². The second kappa shape index (κ2) is 9.06. The summed E-state index contributed by atoms with van der Waals surface area (Å²) in [7, 11) is 0. The third-order valence-corrected chi connectivity index (χ3v) is 3.88. The lowest BCUT2D eigenvalue weighted by Gasteiger charge is -2.28. The third-order valence-electron chi connectivity index (χ3n) is 3.88. The van der Waals surface area contributed by atoms with Gasteiger partial charge in [-0.1, -0.05) is 6.92 Å². The number of hydrogen-bond acceptors (Lipinski definition) is 2. The predicted molar refractivity (Wildman–Crippen MR) is 85.2 cm³/mol. The average molecular weight is 333 g/mol. The first-order chi connectivity index (χ1) is 10.1. The normalized spacial score (nSPS) is 17.1. The first kappa shape index (κ1) is 18.8. The molecule has 0 saturated carbocycles. The van der Waals surface area contributed by atoms with Gasteiger partial charge in [-0.25, -0.2) is 8.78 Å². The topological polar surface area (TPSA) is 32.3 Å². The molecule has 0 radical (unpaired) electrons. The molecule has 22 heavy (non-hydrogen) atoms. The van der Waals surface area contributed by atoms with Crippen LogP contribution in [-0.4, -0.2) is 36.5 Å². The molecule has 1 aliphatic rings. The van der Waals surface area contributed by atoms with Gasteiger partial charge in [0.15, 0.2) is 0 Å².